The van der Waals surface area contributed by atoms with Crippen LogP contribution in [-0.2, 0) is 14.8 Å². The first-order valence-electron chi connectivity index (χ1n) is 5.99. The van der Waals surface area contributed by atoms with Gasteiger partial charge in [-0.3, -0.25) is 14.9 Å². The van der Waals surface area contributed by atoms with Gasteiger partial charge in [-0.15, -0.1) is 0 Å². The van der Waals surface area contributed by atoms with Crippen LogP contribution in [0, 0.1) is 15.9 Å². The standard InChI is InChI=1S/C11H12FN3O5S/c1-7-11(16)13-5-6-14(7)21(19,20)9-4-2-3-8(12)10(9)15(17)18/h2-4,7H,5-6H2,1H3,(H,13,16). The molecular weight excluding hydrogens is 305 g/mol. The van der Waals surface area contributed by atoms with Crippen LogP contribution in [0.1, 0.15) is 6.92 Å². The van der Waals surface area contributed by atoms with Gasteiger partial charge in [0.05, 0.1) is 4.92 Å². The molecule has 1 aliphatic heterocycles. The monoisotopic (exact) mass is 317 g/mol. The van der Waals surface area contributed by atoms with Crippen LogP contribution in [0.4, 0.5) is 10.1 Å². The van der Waals surface area contributed by atoms with Crippen molar-refractivity contribution in [1.29, 1.82) is 0 Å². The average molecular weight is 317 g/mol. The zero-order valence-electron chi connectivity index (χ0n) is 10.9. The third kappa shape index (κ3) is 2.59. The zero-order chi connectivity index (χ0) is 15.8. The summed E-state index contributed by atoms with van der Waals surface area (Å²) in [5.41, 5.74) is -1.12. The predicted octanol–water partition coefficient (Wildman–Crippen LogP) is 0.243. The molecule has 1 fully saturated rings. The molecule has 0 aliphatic carbocycles. The number of carbonyl (C=O) groups is 1. The number of hydrogen-bond acceptors (Lipinski definition) is 5. The maximum atomic E-state index is 13.6. The molecule has 1 amide bonds. The van der Waals surface area contributed by atoms with Crippen molar-refractivity contribution in [2.75, 3.05) is 13.1 Å². The number of halogens is 1. The average Bonchev–Trinajstić information content (AvgIpc) is 2.41. The van der Waals surface area contributed by atoms with E-state index in [9.17, 15) is 27.7 Å². The number of rotatable bonds is 3. The number of hydrogen-bond donors (Lipinski definition) is 1. The zero-order valence-corrected chi connectivity index (χ0v) is 11.8. The van der Waals surface area contributed by atoms with E-state index >= 15 is 0 Å². The molecule has 8 nitrogen and oxygen atoms in total. The molecule has 1 aliphatic rings. The maximum absolute atomic E-state index is 13.6. The number of nitro benzene ring substituents is 1. The molecule has 114 valence electrons. The lowest BCUT2D eigenvalue weighted by molar-refractivity contribution is -0.390. The van der Waals surface area contributed by atoms with Gasteiger partial charge in [-0.05, 0) is 19.1 Å². The van der Waals surface area contributed by atoms with Gasteiger partial charge in [-0.25, -0.2) is 8.42 Å². The first kappa shape index (κ1) is 15.3. The molecule has 1 heterocycles. The van der Waals surface area contributed by atoms with Gasteiger partial charge in [-0.2, -0.15) is 8.70 Å². The third-order valence-corrected chi connectivity index (χ3v) is 5.16. The van der Waals surface area contributed by atoms with Crippen molar-refractivity contribution >= 4 is 21.6 Å². The SMILES string of the molecule is CC1C(=O)NCCN1S(=O)(=O)c1cccc(F)c1[N+](=O)[O-]. The molecule has 0 bridgehead atoms. The Morgan fingerprint density at radius 1 is 1.48 bits per heavy atom. The molecule has 21 heavy (non-hydrogen) atoms. The van der Waals surface area contributed by atoms with Crippen LogP contribution in [-0.4, -0.2) is 42.7 Å². The predicted molar refractivity (Wildman–Crippen MR) is 69.4 cm³/mol. The fraction of sp³-hybridized carbons (Fsp3) is 0.364. The smallest absolute Gasteiger partial charge is 0.324 e. The third-order valence-electron chi connectivity index (χ3n) is 3.16. The van der Waals surface area contributed by atoms with E-state index in [0.29, 0.717) is 0 Å². The summed E-state index contributed by atoms with van der Waals surface area (Å²) in [6, 6.07) is 1.81. The van der Waals surface area contributed by atoms with Crippen LogP contribution in [0.25, 0.3) is 0 Å². The minimum absolute atomic E-state index is 0.0388. The van der Waals surface area contributed by atoms with Crippen molar-refractivity contribution in [3.8, 4) is 0 Å². The molecule has 1 aromatic carbocycles. The minimum Gasteiger partial charge on any atom is -0.353 e. The Labute approximate surface area is 119 Å². The van der Waals surface area contributed by atoms with Crippen LogP contribution in [0.3, 0.4) is 0 Å². The van der Waals surface area contributed by atoms with Gasteiger partial charge < -0.3 is 5.32 Å². The molecule has 1 unspecified atom stereocenters. The van der Waals surface area contributed by atoms with Crippen LogP contribution >= 0.6 is 0 Å². The Morgan fingerprint density at radius 3 is 2.76 bits per heavy atom. The van der Waals surface area contributed by atoms with E-state index in [4.69, 9.17) is 0 Å². The minimum atomic E-state index is -4.35. The van der Waals surface area contributed by atoms with E-state index in [1.165, 1.54) is 6.92 Å². The van der Waals surface area contributed by atoms with Gasteiger partial charge in [0.25, 0.3) is 10.0 Å². The van der Waals surface area contributed by atoms with E-state index in [-0.39, 0.29) is 13.1 Å². The summed E-state index contributed by atoms with van der Waals surface area (Å²) in [6.07, 6.45) is 0. The van der Waals surface area contributed by atoms with Crippen molar-refractivity contribution in [1.82, 2.24) is 9.62 Å². The molecule has 1 atom stereocenters. The number of carbonyl (C=O) groups excluding carboxylic acids is 1. The van der Waals surface area contributed by atoms with E-state index in [1.807, 2.05) is 0 Å². The van der Waals surface area contributed by atoms with E-state index in [2.05, 4.69) is 5.32 Å². The van der Waals surface area contributed by atoms with Gasteiger partial charge in [-0.1, -0.05) is 6.07 Å². The number of nitrogens with one attached hydrogen (secondary N) is 1. The van der Waals surface area contributed by atoms with Gasteiger partial charge in [0.2, 0.25) is 11.7 Å². The van der Waals surface area contributed by atoms with Crippen LogP contribution in [0.2, 0.25) is 0 Å². The van der Waals surface area contributed by atoms with Crippen LogP contribution < -0.4 is 5.32 Å². The van der Waals surface area contributed by atoms with Crippen LogP contribution in [0.5, 0.6) is 0 Å². The van der Waals surface area contributed by atoms with Gasteiger partial charge in [0, 0.05) is 13.1 Å². The molecular formula is C11H12FN3O5S. The Balaban J connectivity index is 2.57. The molecule has 1 N–H and O–H groups in total. The molecule has 1 aromatic rings. The lowest BCUT2D eigenvalue weighted by Crippen LogP contribution is -2.55. The number of benzene rings is 1. The lowest BCUT2D eigenvalue weighted by Gasteiger charge is -2.31. The molecule has 0 saturated carbocycles. The summed E-state index contributed by atoms with van der Waals surface area (Å²) in [5.74, 6) is -1.75. The highest BCUT2D eigenvalue weighted by atomic mass is 32.2. The second-order valence-corrected chi connectivity index (χ2v) is 6.29. The number of piperazine rings is 1. The highest BCUT2D eigenvalue weighted by Crippen LogP contribution is 2.30. The number of nitrogens with zero attached hydrogens (tertiary/aromatic N) is 2. The van der Waals surface area contributed by atoms with E-state index in [1.54, 1.807) is 0 Å². The molecule has 0 radical (unpaired) electrons. The van der Waals surface area contributed by atoms with Crippen molar-refractivity contribution in [3.05, 3.63) is 34.1 Å². The maximum Gasteiger partial charge on any atom is 0.324 e. The molecule has 0 aromatic heterocycles. The normalized spacial score (nSPS) is 20.1. The molecule has 1 saturated heterocycles. The first-order chi connectivity index (χ1) is 9.76. The first-order valence-corrected chi connectivity index (χ1v) is 7.43. The van der Waals surface area contributed by atoms with Crippen molar-refractivity contribution < 1.29 is 22.5 Å². The quantitative estimate of drug-likeness (QED) is 0.634. The fourth-order valence-electron chi connectivity index (χ4n) is 2.10. The van der Waals surface area contributed by atoms with Gasteiger partial charge in [0.1, 0.15) is 6.04 Å². The summed E-state index contributed by atoms with van der Waals surface area (Å²) in [6.45, 7) is 1.41. The molecule has 10 heteroatoms. The number of nitro groups is 1. The summed E-state index contributed by atoms with van der Waals surface area (Å²) >= 11 is 0. The number of sulfonamides is 1. The number of para-hydroxylation sites is 1. The summed E-state index contributed by atoms with van der Waals surface area (Å²) < 4.78 is 39.4. The summed E-state index contributed by atoms with van der Waals surface area (Å²) in [4.78, 5) is 20.6. The Morgan fingerprint density at radius 2 is 2.14 bits per heavy atom. The molecule has 0 spiro atoms. The topological polar surface area (TPSA) is 110 Å². The fourth-order valence-corrected chi connectivity index (χ4v) is 3.86. The lowest BCUT2D eigenvalue weighted by atomic mass is 10.2. The Hall–Kier alpha value is -2.07. The largest absolute Gasteiger partial charge is 0.353 e. The van der Waals surface area contributed by atoms with Gasteiger partial charge in [0.15, 0.2) is 4.90 Å². The van der Waals surface area contributed by atoms with Crippen molar-refractivity contribution in [3.63, 3.8) is 0 Å². The van der Waals surface area contributed by atoms with E-state index < -0.39 is 43.3 Å². The van der Waals surface area contributed by atoms with Crippen molar-refractivity contribution in [2.24, 2.45) is 0 Å². The molecule has 2 rings (SSSR count). The Kier molecular flexibility index (Phi) is 3.92. The van der Waals surface area contributed by atoms with E-state index in [0.717, 1.165) is 22.5 Å². The summed E-state index contributed by atoms with van der Waals surface area (Å²) in [5, 5.41) is 13.4. The highest BCUT2D eigenvalue weighted by molar-refractivity contribution is 7.89. The summed E-state index contributed by atoms with van der Waals surface area (Å²) in [7, 11) is -4.35. The second kappa shape index (κ2) is 5.37. The van der Waals surface area contributed by atoms with Crippen LogP contribution in [0.15, 0.2) is 23.1 Å². The van der Waals surface area contributed by atoms with Gasteiger partial charge >= 0.3 is 5.69 Å². The van der Waals surface area contributed by atoms with Crippen molar-refractivity contribution in [2.45, 2.75) is 17.9 Å². The number of amides is 1. The Bertz CT molecular complexity index is 706. The highest BCUT2D eigenvalue weighted by Gasteiger charge is 2.39. The second-order valence-electron chi connectivity index (χ2n) is 4.43.